The molecule has 19 heavy (non-hydrogen) atoms. The lowest BCUT2D eigenvalue weighted by atomic mass is 9.98. The number of benzene rings is 1. The molecule has 0 bridgehead atoms. The third-order valence-electron chi connectivity index (χ3n) is 3.72. The van der Waals surface area contributed by atoms with Crippen molar-refractivity contribution in [3.63, 3.8) is 0 Å². The maximum atomic E-state index is 12.2. The van der Waals surface area contributed by atoms with E-state index in [0.29, 0.717) is 0 Å². The number of ether oxygens (including phenoxy) is 1. The monoisotopic (exact) mass is 325 g/mol. The number of nitrogens with zero attached hydrogens (tertiary/aromatic N) is 1. The summed E-state index contributed by atoms with van der Waals surface area (Å²) in [6.45, 7) is 3.97. The van der Waals surface area contributed by atoms with Gasteiger partial charge in [0.05, 0.1) is 7.11 Å². The second-order valence-corrected chi connectivity index (χ2v) is 5.94. The van der Waals surface area contributed by atoms with Gasteiger partial charge in [-0.25, -0.2) is 4.79 Å². The fourth-order valence-electron chi connectivity index (χ4n) is 2.67. The number of esters is 1. The molecule has 1 saturated heterocycles. The van der Waals surface area contributed by atoms with Crippen molar-refractivity contribution in [1.29, 1.82) is 0 Å². The van der Waals surface area contributed by atoms with Gasteiger partial charge in [0.1, 0.15) is 6.04 Å². The molecule has 1 fully saturated rings. The first kappa shape index (κ1) is 14.5. The SMILES string of the molecule is COC(=O)C(c1cc(Br)ccc1C)N1CCCCC1. The number of halogens is 1. The summed E-state index contributed by atoms with van der Waals surface area (Å²) in [6, 6.07) is 5.80. The van der Waals surface area contributed by atoms with Gasteiger partial charge < -0.3 is 4.74 Å². The average Bonchev–Trinajstić information content (AvgIpc) is 2.44. The Kier molecular flexibility index (Phi) is 4.99. The summed E-state index contributed by atoms with van der Waals surface area (Å²) in [5, 5.41) is 0. The summed E-state index contributed by atoms with van der Waals surface area (Å²) in [5.74, 6) is -0.164. The van der Waals surface area contributed by atoms with E-state index in [4.69, 9.17) is 4.74 Å². The normalized spacial score (nSPS) is 18.1. The van der Waals surface area contributed by atoms with Crippen LogP contribution in [0, 0.1) is 6.92 Å². The summed E-state index contributed by atoms with van der Waals surface area (Å²) in [4.78, 5) is 14.4. The summed E-state index contributed by atoms with van der Waals surface area (Å²) in [5.41, 5.74) is 2.17. The third-order valence-corrected chi connectivity index (χ3v) is 4.21. The van der Waals surface area contributed by atoms with Crippen LogP contribution in [0.3, 0.4) is 0 Å². The molecular formula is C15H20BrNO2. The summed E-state index contributed by atoms with van der Waals surface area (Å²) in [7, 11) is 1.46. The van der Waals surface area contributed by atoms with Crippen LogP contribution in [-0.4, -0.2) is 31.1 Å². The lowest BCUT2D eigenvalue weighted by molar-refractivity contribution is -0.147. The minimum Gasteiger partial charge on any atom is -0.468 e. The summed E-state index contributed by atoms with van der Waals surface area (Å²) in [6.07, 6.45) is 3.56. The Morgan fingerprint density at radius 3 is 2.63 bits per heavy atom. The molecule has 3 nitrogen and oxygen atoms in total. The molecule has 0 N–H and O–H groups in total. The van der Waals surface area contributed by atoms with E-state index in [0.717, 1.165) is 41.5 Å². The van der Waals surface area contributed by atoms with Crippen LogP contribution in [0.25, 0.3) is 0 Å². The van der Waals surface area contributed by atoms with Gasteiger partial charge in [-0.1, -0.05) is 28.4 Å². The number of carbonyl (C=O) groups is 1. The van der Waals surface area contributed by atoms with Crippen LogP contribution in [0.1, 0.15) is 36.4 Å². The van der Waals surface area contributed by atoms with Gasteiger partial charge in [-0.05, 0) is 56.1 Å². The third kappa shape index (κ3) is 3.37. The molecule has 0 spiro atoms. The maximum absolute atomic E-state index is 12.2. The van der Waals surface area contributed by atoms with Crippen LogP contribution in [0.15, 0.2) is 22.7 Å². The Balaban J connectivity index is 2.36. The van der Waals surface area contributed by atoms with Crippen LogP contribution < -0.4 is 0 Å². The molecule has 1 heterocycles. The van der Waals surface area contributed by atoms with Crippen LogP contribution in [-0.2, 0) is 9.53 Å². The molecule has 2 rings (SSSR count). The largest absolute Gasteiger partial charge is 0.468 e. The number of aryl methyl sites for hydroxylation is 1. The van der Waals surface area contributed by atoms with E-state index in [1.165, 1.54) is 13.5 Å². The molecule has 1 aliphatic heterocycles. The highest BCUT2D eigenvalue weighted by Crippen LogP contribution is 2.30. The predicted octanol–water partition coefficient (Wildman–Crippen LogP) is 3.46. The second-order valence-electron chi connectivity index (χ2n) is 5.02. The van der Waals surface area contributed by atoms with Crippen molar-refractivity contribution in [3.05, 3.63) is 33.8 Å². The van der Waals surface area contributed by atoms with Crippen molar-refractivity contribution in [2.45, 2.75) is 32.2 Å². The van der Waals surface area contributed by atoms with Crippen LogP contribution >= 0.6 is 15.9 Å². The van der Waals surface area contributed by atoms with Gasteiger partial charge in [-0.15, -0.1) is 0 Å². The molecule has 0 saturated carbocycles. The molecule has 0 aromatic heterocycles. The molecule has 1 aromatic rings. The first-order chi connectivity index (χ1) is 9.13. The van der Waals surface area contributed by atoms with Gasteiger partial charge in [-0.3, -0.25) is 4.90 Å². The number of hydrogen-bond acceptors (Lipinski definition) is 3. The van der Waals surface area contributed by atoms with E-state index in [1.54, 1.807) is 0 Å². The van der Waals surface area contributed by atoms with Gasteiger partial charge in [0.15, 0.2) is 0 Å². The Bertz CT molecular complexity index is 455. The van der Waals surface area contributed by atoms with Crippen molar-refractivity contribution < 1.29 is 9.53 Å². The molecule has 1 unspecified atom stereocenters. The molecule has 4 heteroatoms. The zero-order chi connectivity index (χ0) is 13.8. The first-order valence-electron chi connectivity index (χ1n) is 6.71. The second kappa shape index (κ2) is 6.53. The van der Waals surface area contributed by atoms with Crippen molar-refractivity contribution in [1.82, 2.24) is 4.90 Å². The minimum atomic E-state index is -0.275. The van der Waals surface area contributed by atoms with Gasteiger partial charge in [0.2, 0.25) is 0 Å². The van der Waals surface area contributed by atoms with Crippen molar-refractivity contribution in [3.8, 4) is 0 Å². The van der Waals surface area contributed by atoms with E-state index in [2.05, 4.69) is 20.8 Å². The molecule has 104 valence electrons. The number of carbonyl (C=O) groups excluding carboxylic acids is 1. The van der Waals surface area contributed by atoms with E-state index < -0.39 is 0 Å². The van der Waals surface area contributed by atoms with Gasteiger partial charge >= 0.3 is 5.97 Å². The van der Waals surface area contributed by atoms with Gasteiger partial charge in [0.25, 0.3) is 0 Å². The maximum Gasteiger partial charge on any atom is 0.327 e. The smallest absolute Gasteiger partial charge is 0.327 e. The lowest BCUT2D eigenvalue weighted by Crippen LogP contribution is -2.38. The zero-order valence-corrected chi connectivity index (χ0v) is 13.1. The van der Waals surface area contributed by atoms with Crippen molar-refractivity contribution in [2.24, 2.45) is 0 Å². The quantitative estimate of drug-likeness (QED) is 0.797. The molecular weight excluding hydrogens is 306 g/mol. The van der Waals surface area contributed by atoms with Crippen molar-refractivity contribution in [2.75, 3.05) is 20.2 Å². The van der Waals surface area contributed by atoms with Crippen molar-refractivity contribution >= 4 is 21.9 Å². The molecule has 0 aliphatic carbocycles. The van der Waals surface area contributed by atoms with E-state index in [-0.39, 0.29) is 12.0 Å². The highest BCUT2D eigenvalue weighted by Gasteiger charge is 2.30. The van der Waals surface area contributed by atoms with E-state index >= 15 is 0 Å². The molecule has 1 atom stereocenters. The standard InChI is InChI=1S/C15H20BrNO2/c1-11-6-7-12(16)10-13(11)14(15(18)19-2)17-8-4-3-5-9-17/h6-7,10,14H,3-5,8-9H2,1-2H3. The topological polar surface area (TPSA) is 29.5 Å². The molecule has 0 radical (unpaired) electrons. The average molecular weight is 326 g/mol. The van der Waals surface area contributed by atoms with Crippen LogP contribution in [0.5, 0.6) is 0 Å². The number of likely N-dealkylation sites (tertiary alicyclic amines) is 1. The molecule has 1 aromatic carbocycles. The Morgan fingerprint density at radius 2 is 2.00 bits per heavy atom. The molecule has 0 amide bonds. The Labute approximate surface area is 123 Å². The first-order valence-corrected chi connectivity index (χ1v) is 7.50. The summed E-state index contributed by atoms with van der Waals surface area (Å²) < 4.78 is 6.02. The van der Waals surface area contributed by atoms with Crippen LogP contribution in [0.2, 0.25) is 0 Å². The van der Waals surface area contributed by atoms with Crippen LogP contribution in [0.4, 0.5) is 0 Å². The van der Waals surface area contributed by atoms with Gasteiger partial charge in [0, 0.05) is 4.47 Å². The zero-order valence-electron chi connectivity index (χ0n) is 11.5. The number of hydrogen-bond donors (Lipinski definition) is 0. The number of piperidine rings is 1. The highest BCUT2D eigenvalue weighted by molar-refractivity contribution is 9.10. The number of methoxy groups -OCH3 is 1. The Hall–Kier alpha value is -0.870. The van der Waals surface area contributed by atoms with Gasteiger partial charge in [-0.2, -0.15) is 0 Å². The minimum absolute atomic E-state index is 0.164. The Morgan fingerprint density at radius 1 is 1.32 bits per heavy atom. The molecule has 1 aliphatic rings. The highest BCUT2D eigenvalue weighted by atomic mass is 79.9. The fraction of sp³-hybridized carbons (Fsp3) is 0.533. The van der Waals surface area contributed by atoms with E-state index in [9.17, 15) is 4.79 Å². The lowest BCUT2D eigenvalue weighted by Gasteiger charge is -2.33. The fourth-order valence-corrected chi connectivity index (χ4v) is 3.05. The predicted molar refractivity (Wildman–Crippen MR) is 79.1 cm³/mol. The summed E-state index contributed by atoms with van der Waals surface area (Å²) >= 11 is 3.49. The number of rotatable bonds is 3. The van der Waals surface area contributed by atoms with E-state index in [1.807, 2.05) is 25.1 Å².